The minimum Gasteiger partial charge on any atom is -0.477 e. The first-order valence-electron chi connectivity index (χ1n) is 6.41. The molecule has 0 spiro atoms. The average Bonchev–Trinajstić information content (AvgIpc) is 2.91. The molecular weight excluding hydrogens is 258 g/mol. The molecule has 0 fully saturated rings. The number of hydrogen-bond acceptors (Lipinski definition) is 5. The highest BCUT2D eigenvalue weighted by atomic mass is 32.1. The topological polar surface area (TPSA) is 47.0 Å². The first-order chi connectivity index (χ1) is 9.19. The lowest BCUT2D eigenvalue weighted by Crippen LogP contribution is -2.07. The van der Waals surface area contributed by atoms with Gasteiger partial charge in [-0.05, 0) is 11.4 Å². The van der Waals surface area contributed by atoms with Crippen molar-refractivity contribution in [2.45, 2.75) is 26.2 Å². The number of ether oxygens (including phenoxy) is 1. The fourth-order valence-electron chi connectivity index (χ4n) is 1.61. The second kappa shape index (κ2) is 6.52. The van der Waals surface area contributed by atoms with Crippen LogP contribution in [0.15, 0.2) is 23.6 Å². The molecule has 0 saturated carbocycles. The Bertz CT molecular complexity index is 511. The summed E-state index contributed by atoms with van der Waals surface area (Å²) in [7, 11) is 1.85. The zero-order valence-corrected chi connectivity index (χ0v) is 12.3. The van der Waals surface area contributed by atoms with Crippen LogP contribution in [0.1, 0.15) is 30.5 Å². The maximum absolute atomic E-state index is 5.73. The van der Waals surface area contributed by atoms with Crippen LogP contribution in [-0.2, 0) is 6.42 Å². The van der Waals surface area contributed by atoms with Gasteiger partial charge in [-0.2, -0.15) is 4.98 Å². The molecule has 2 aromatic rings. The molecule has 102 valence electrons. The fourth-order valence-corrected chi connectivity index (χ4v) is 2.30. The minimum absolute atomic E-state index is 0.285. The van der Waals surface area contributed by atoms with E-state index in [1.54, 1.807) is 11.3 Å². The van der Waals surface area contributed by atoms with Crippen molar-refractivity contribution in [2.24, 2.45) is 0 Å². The molecule has 4 nitrogen and oxygen atoms in total. The molecule has 0 aliphatic rings. The molecule has 0 saturated heterocycles. The van der Waals surface area contributed by atoms with Crippen molar-refractivity contribution in [1.82, 2.24) is 9.97 Å². The van der Waals surface area contributed by atoms with Crippen molar-refractivity contribution in [3.63, 3.8) is 0 Å². The van der Waals surface area contributed by atoms with Crippen LogP contribution in [0.2, 0.25) is 0 Å². The van der Waals surface area contributed by atoms with Crippen LogP contribution >= 0.6 is 11.3 Å². The van der Waals surface area contributed by atoms with Gasteiger partial charge in [0.2, 0.25) is 5.88 Å². The summed E-state index contributed by atoms with van der Waals surface area (Å²) in [5.74, 6) is 2.52. The largest absolute Gasteiger partial charge is 0.477 e. The number of nitrogens with one attached hydrogen (secondary N) is 1. The summed E-state index contributed by atoms with van der Waals surface area (Å²) in [4.78, 5) is 10.2. The van der Waals surface area contributed by atoms with Gasteiger partial charge in [0.05, 0.1) is 6.61 Å². The van der Waals surface area contributed by atoms with Crippen molar-refractivity contribution in [1.29, 1.82) is 0 Å². The Morgan fingerprint density at radius 2 is 2.21 bits per heavy atom. The van der Waals surface area contributed by atoms with E-state index in [-0.39, 0.29) is 5.92 Å². The number of aromatic nitrogens is 2. The van der Waals surface area contributed by atoms with E-state index in [9.17, 15) is 0 Å². The summed E-state index contributed by atoms with van der Waals surface area (Å²) in [6.45, 7) is 4.78. The van der Waals surface area contributed by atoms with Crippen molar-refractivity contribution < 1.29 is 4.74 Å². The molecule has 0 atom stereocenters. The van der Waals surface area contributed by atoms with E-state index in [4.69, 9.17) is 4.74 Å². The summed E-state index contributed by atoms with van der Waals surface area (Å²) in [6.07, 6.45) is 0.910. The Morgan fingerprint density at radius 3 is 2.84 bits per heavy atom. The van der Waals surface area contributed by atoms with Crippen molar-refractivity contribution in [2.75, 3.05) is 19.0 Å². The molecular formula is C14H19N3OS. The summed E-state index contributed by atoms with van der Waals surface area (Å²) < 4.78 is 5.73. The van der Waals surface area contributed by atoms with Gasteiger partial charge < -0.3 is 10.1 Å². The van der Waals surface area contributed by atoms with E-state index in [1.807, 2.05) is 13.1 Å². The van der Waals surface area contributed by atoms with Gasteiger partial charge in [-0.25, -0.2) is 4.98 Å². The standard InChI is InChI=1S/C14H19N3OS/c1-10(2)14-16-12(15-3)9-13(17-14)18-7-6-11-5-4-8-19-11/h4-5,8-10H,6-7H2,1-3H3,(H,15,16,17). The predicted octanol–water partition coefficient (Wildman–Crippen LogP) is 3.32. The predicted molar refractivity (Wildman–Crippen MR) is 79.2 cm³/mol. The molecule has 1 N–H and O–H groups in total. The number of anilines is 1. The molecule has 0 unspecified atom stereocenters. The lowest BCUT2D eigenvalue weighted by molar-refractivity contribution is 0.308. The molecule has 2 rings (SSSR count). The quantitative estimate of drug-likeness (QED) is 0.880. The first-order valence-corrected chi connectivity index (χ1v) is 7.29. The van der Waals surface area contributed by atoms with Crippen LogP contribution in [0.25, 0.3) is 0 Å². The Balaban J connectivity index is 2.00. The summed E-state index contributed by atoms with van der Waals surface area (Å²) >= 11 is 1.75. The first kappa shape index (κ1) is 13.8. The monoisotopic (exact) mass is 277 g/mol. The highest BCUT2D eigenvalue weighted by Crippen LogP contribution is 2.18. The van der Waals surface area contributed by atoms with Gasteiger partial charge in [-0.3, -0.25) is 0 Å². The van der Waals surface area contributed by atoms with Crippen molar-refractivity contribution in [3.05, 3.63) is 34.3 Å². The smallest absolute Gasteiger partial charge is 0.218 e. The maximum Gasteiger partial charge on any atom is 0.218 e. The van der Waals surface area contributed by atoms with Gasteiger partial charge >= 0.3 is 0 Å². The van der Waals surface area contributed by atoms with Crippen LogP contribution in [0, 0.1) is 0 Å². The summed E-state index contributed by atoms with van der Waals surface area (Å²) in [5.41, 5.74) is 0. The third-order valence-corrected chi connectivity index (χ3v) is 3.61. The maximum atomic E-state index is 5.73. The molecule has 0 aliphatic heterocycles. The van der Waals surface area contributed by atoms with Gasteiger partial charge in [0.1, 0.15) is 11.6 Å². The third kappa shape index (κ3) is 3.92. The van der Waals surface area contributed by atoms with Crippen molar-refractivity contribution in [3.8, 4) is 5.88 Å². The molecule has 2 heterocycles. The Hall–Kier alpha value is -1.62. The second-order valence-corrected chi connectivity index (χ2v) is 5.56. The molecule has 0 radical (unpaired) electrons. The van der Waals surface area contributed by atoms with Gasteiger partial charge in [0, 0.05) is 30.3 Å². The lowest BCUT2D eigenvalue weighted by Gasteiger charge is -2.10. The molecule has 5 heteroatoms. The molecule has 0 amide bonds. The van der Waals surface area contributed by atoms with Crippen LogP contribution in [0.5, 0.6) is 5.88 Å². The molecule has 0 aliphatic carbocycles. The Morgan fingerprint density at radius 1 is 1.37 bits per heavy atom. The van der Waals surface area contributed by atoms with Crippen LogP contribution in [0.3, 0.4) is 0 Å². The van der Waals surface area contributed by atoms with E-state index in [0.29, 0.717) is 12.5 Å². The Kier molecular flexibility index (Phi) is 4.74. The number of nitrogens with zero attached hydrogens (tertiary/aromatic N) is 2. The van der Waals surface area contributed by atoms with Gasteiger partial charge in [-0.15, -0.1) is 11.3 Å². The Labute approximate surface area is 117 Å². The third-order valence-electron chi connectivity index (χ3n) is 2.67. The van der Waals surface area contributed by atoms with Crippen LogP contribution in [-0.4, -0.2) is 23.6 Å². The van der Waals surface area contributed by atoms with Crippen molar-refractivity contribution >= 4 is 17.2 Å². The number of hydrogen-bond donors (Lipinski definition) is 1. The second-order valence-electron chi connectivity index (χ2n) is 4.53. The normalized spacial score (nSPS) is 10.7. The van der Waals surface area contributed by atoms with E-state index in [0.717, 1.165) is 18.1 Å². The van der Waals surface area contributed by atoms with E-state index >= 15 is 0 Å². The van der Waals surface area contributed by atoms with Crippen LogP contribution in [0.4, 0.5) is 5.82 Å². The van der Waals surface area contributed by atoms with Gasteiger partial charge in [0.25, 0.3) is 0 Å². The molecule has 0 bridgehead atoms. The average molecular weight is 277 g/mol. The lowest BCUT2D eigenvalue weighted by atomic mass is 10.2. The number of thiophene rings is 1. The highest BCUT2D eigenvalue weighted by Gasteiger charge is 2.08. The summed E-state index contributed by atoms with van der Waals surface area (Å²) in [6, 6.07) is 6.01. The SMILES string of the molecule is CNc1cc(OCCc2cccs2)nc(C(C)C)n1. The minimum atomic E-state index is 0.285. The molecule has 19 heavy (non-hydrogen) atoms. The number of rotatable bonds is 6. The molecule has 2 aromatic heterocycles. The molecule has 0 aromatic carbocycles. The zero-order chi connectivity index (χ0) is 13.7. The highest BCUT2D eigenvalue weighted by molar-refractivity contribution is 7.09. The van der Waals surface area contributed by atoms with E-state index in [2.05, 4.69) is 46.6 Å². The van der Waals surface area contributed by atoms with Crippen LogP contribution < -0.4 is 10.1 Å². The van der Waals surface area contributed by atoms with Gasteiger partial charge in [0.15, 0.2) is 0 Å². The van der Waals surface area contributed by atoms with E-state index in [1.165, 1.54) is 4.88 Å². The zero-order valence-electron chi connectivity index (χ0n) is 11.5. The summed E-state index contributed by atoms with van der Waals surface area (Å²) in [5, 5.41) is 5.12. The van der Waals surface area contributed by atoms with Gasteiger partial charge in [-0.1, -0.05) is 19.9 Å². The van der Waals surface area contributed by atoms with E-state index < -0.39 is 0 Å². The fraction of sp³-hybridized carbons (Fsp3) is 0.429.